The zero-order valence-electron chi connectivity index (χ0n) is 11.8. The third-order valence-electron chi connectivity index (χ3n) is 4.02. The minimum atomic E-state index is -0.143. The van der Waals surface area contributed by atoms with Crippen molar-refractivity contribution >= 4 is 0 Å². The Balaban J connectivity index is 2.08. The summed E-state index contributed by atoms with van der Waals surface area (Å²) in [6, 6.07) is 6.75. The van der Waals surface area contributed by atoms with Crippen LogP contribution in [0.4, 0.5) is 0 Å². The minimum Gasteiger partial charge on any atom is -0.374 e. The fourth-order valence-electron chi connectivity index (χ4n) is 2.90. The fraction of sp³-hybridized carbons (Fsp3) is 0.625. The molecule has 0 spiro atoms. The van der Waals surface area contributed by atoms with E-state index in [0.29, 0.717) is 0 Å². The van der Waals surface area contributed by atoms with E-state index in [0.717, 1.165) is 19.4 Å². The van der Waals surface area contributed by atoms with Gasteiger partial charge in [-0.3, -0.25) is 0 Å². The Bertz CT molecular complexity index is 387. The van der Waals surface area contributed by atoms with Crippen LogP contribution in [0.5, 0.6) is 0 Å². The molecule has 2 unspecified atom stereocenters. The first kappa shape index (κ1) is 13.6. The number of rotatable bonds is 3. The van der Waals surface area contributed by atoms with Gasteiger partial charge in [0.05, 0.1) is 5.60 Å². The molecule has 2 N–H and O–H groups in total. The first-order valence-corrected chi connectivity index (χ1v) is 6.96. The molecule has 2 nitrogen and oxygen atoms in total. The van der Waals surface area contributed by atoms with Gasteiger partial charge >= 0.3 is 0 Å². The van der Waals surface area contributed by atoms with Gasteiger partial charge < -0.3 is 10.5 Å². The van der Waals surface area contributed by atoms with Crippen LogP contribution in [-0.4, -0.2) is 18.2 Å². The highest BCUT2D eigenvalue weighted by molar-refractivity contribution is 5.29. The Morgan fingerprint density at radius 2 is 1.89 bits per heavy atom. The van der Waals surface area contributed by atoms with Crippen molar-refractivity contribution < 1.29 is 4.74 Å². The lowest BCUT2D eigenvalue weighted by atomic mass is 9.85. The highest BCUT2D eigenvalue weighted by Gasteiger charge is 2.34. The molecule has 1 aliphatic heterocycles. The fourth-order valence-corrected chi connectivity index (χ4v) is 2.90. The monoisotopic (exact) mass is 247 g/mol. The van der Waals surface area contributed by atoms with E-state index in [9.17, 15) is 0 Å². The van der Waals surface area contributed by atoms with Crippen molar-refractivity contribution in [1.29, 1.82) is 0 Å². The Labute approximate surface area is 111 Å². The summed E-state index contributed by atoms with van der Waals surface area (Å²) in [7, 11) is 0. The smallest absolute Gasteiger partial charge is 0.0807 e. The predicted octanol–water partition coefficient (Wildman–Crippen LogP) is 3.13. The van der Waals surface area contributed by atoms with Gasteiger partial charge in [-0.1, -0.05) is 29.3 Å². The highest BCUT2D eigenvalue weighted by atomic mass is 16.5. The lowest BCUT2D eigenvalue weighted by Gasteiger charge is -2.39. The number of benzene rings is 1. The van der Waals surface area contributed by atoms with Crippen LogP contribution in [0.2, 0.25) is 0 Å². The zero-order chi connectivity index (χ0) is 13.2. The third-order valence-corrected chi connectivity index (χ3v) is 4.02. The second-order valence-electron chi connectivity index (χ2n) is 5.92. The SMILES string of the molecule is Cc1cc(C)cc(CC(N)C2(C)CCCCO2)c1. The van der Waals surface area contributed by atoms with Crippen LogP contribution < -0.4 is 5.73 Å². The lowest BCUT2D eigenvalue weighted by molar-refractivity contribution is -0.0808. The van der Waals surface area contributed by atoms with Gasteiger partial charge in [0.25, 0.3) is 0 Å². The van der Waals surface area contributed by atoms with E-state index in [4.69, 9.17) is 10.5 Å². The van der Waals surface area contributed by atoms with E-state index in [1.54, 1.807) is 0 Å². The van der Waals surface area contributed by atoms with Gasteiger partial charge in [0.2, 0.25) is 0 Å². The van der Waals surface area contributed by atoms with Gasteiger partial charge in [-0.25, -0.2) is 0 Å². The standard InChI is InChI=1S/C16H25NO/c1-12-8-13(2)10-14(9-12)11-15(17)16(3)6-4-5-7-18-16/h8-10,15H,4-7,11,17H2,1-3H3. The third kappa shape index (κ3) is 3.12. The molecule has 0 amide bonds. The molecule has 0 aromatic heterocycles. The van der Waals surface area contributed by atoms with Gasteiger partial charge in [0, 0.05) is 12.6 Å². The molecule has 1 heterocycles. The molecule has 1 saturated heterocycles. The summed E-state index contributed by atoms with van der Waals surface area (Å²) in [6.45, 7) is 7.30. The van der Waals surface area contributed by atoms with Crippen molar-refractivity contribution in [1.82, 2.24) is 0 Å². The molecule has 1 fully saturated rings. The first-order valence-electron chi connectivity index (χ1n) is 6.96. The number of hydrogen-bond donors (Lipinski definition) is 1. The Morgan fingerprint density at radius 1 is 1.22 bits per heavy atom. The summed E-state index contributed by atoms with van der Waals surface area (Å²) in [6.07, 6.45) is 4.39. The highest BCUT2D eigenvalue weighted by Crippen LogP contribution is 2.28. The normalized spacial score (nSPS) is 26.0. The van der Waals surface area contributed by atoms with Crippen molar-refractivity contribution in [3.63, 3.8) is 0 Å². The summed E-state index contributed by atoms with van der Waals surface area (Å²) in [5.41, 5.74) is 10.2. The van der Waals surface area contributed by atoms with Crippen LogP contribution in [-0.2, 0) is 11.2 Å². The van der Waals surface area contributed by atoms with Gasteiger partial charge in [0.15, 0.2) is 0 Å². The predicted molar refractivity (Wildman–Crippen MR) is 75.8 cm³/mol. The molecule has 18 heavy (non-hydrogen) atoms. The van der Waals surface area contributed by atoms with E-state index in [2.05, 4.69) is 39.0 Å². The zero-order valence-corrected chi connectivity index (χ0v) is 11.8. The number of nitrogens with two attached hydrogens (primary N) is 1. The maximum Gasteiger partial charge on any atom is 0.0807 e. The molecule has 0 bridgehead atoms. The quantitative estimate of drug-likeness (QED) is 0.890. The summed E-state index contributed by atoms with van der Waals surface area (Å²) in [4.78, 5) is 0. The Morgan fingerprint density at radius 3 is 2.44 bits per heavy atom. The summed E-state index contributed by atoms with van der Waals surface area (Å²) < 4.78 is 5.93. The van der Waals surface area contributed by atoms with Crippen molar-refractivity contribution in [2.75, 3.05) is 6.61 Å². The maximum atomic E-state index is 6.39. The summed E-state index contributed by atoms with van der Waals surface area (Å²) >= 11 is 0. The van der Waals surface area contributed by atoms with E-state index in [1.807, 2.05) is 0 Å². The molecule has 0 aliphatic carbocycles. The largest absolute Gasteiger partial charge is 0.374 e. The molecule has 100 valence electrons. The van der Waals surface area contributed by atoms with E-state index in [1.165, 1.54) is 29.5 Å². The van der Waals surface area contributed by atoms with Gasteiger partial charge in [0.1, 0.15) is 0 Å². The molecule has 0 saturated carbocycles. The van der Waals surface area contributed by atoms with Crippen LogP contribution in [0, 0.1) is 13.8 Å². The first-order chi connectivity index (χ1) is 8.49. The van der Waals surface area contributed by atoms with Gasteiger partial charge in [-0.15, -0.1) is 0 Å². The molecule has 2 atom stereocenters. The average Bonchev–Trinajstić information content (AvgIpc) is 2.28. The van der Waals surface area contributed by atoms with Crippen LogP contribution in [0.1, 0.15) is 42.9 Å². The van der Waals surface area contributed by atoms with Crippen molar-refractivity contribution in [3.05, 3.63) is 34.9 Å². The van der Waals surface area contributed by atoms with Crippen molar-refractivity contribution in [2.24, 2.45) is 5.73 Å². The number of ether oxygens (including phenoxy) is 1. The molecule has 1 aliphatic rings. The minimum absolute atomic E-state index is 0.0824. The molecule has 1 aromatic rings. The van der Waals surface area contributed by atoms with E-state index >= 15 is 0 Å². The van der Waals surface area contributed by atoms with Crippen LogP contribution in [0.25, 0.3) is 0 Å². The number of aryl methyl sites for hydroxylation is 2. The second-order valence-corrected chi connectivity index (χ2v) is 5.92. The van der Waals surface area contributed by atoms with Crippen molar-refractivity contribution in [2.45, 2.75) is 58.1 Å². The maximum absolute atomic E-state index is 6.39. The molecule has 2 heteroatoms. The average molecular weight is 247 g/mol. The van der Waals surface area contributed by atoms with Crippen molar-refractivity contribution in [3.8, 4) is 0 Å². The van der Waals surface area contributed by atoms with Crippen LogP contribution in [0.15, 0.2) is 18.2 Å². The Kier molecular flexibility index (Phi) is 4.08. The topological polar surface area (TPSA) is 35.2 Å². The van der Waals surface area contributed by atoms with Crippen LogP contribution >= 0.6 is 0 Å². The lowest BCUT2D eigenvalue weighted by Crippen LogP contribution is -2.50. The molecular weight excluding hydrogens is 222 g/mol. The molecule has 0 radical (unpaired) electrons. The summed E-state index contributed by atoms with van der Waals surface area (Å²) in [5, 5.41) is 0. The Hall–Kier alpha value is -0.860. The van der Waals surface area contributed by atoms with Gasteiger partial charge in [-0.2, -0.15) is 0 Å². The second kappa shape index (κ2) is 5.41. The van der Waals surface area contributed by atoms with E-state index in [-0.39, 0.29) is 11.6 Å². The molecule has 2 rings (SSSR count). The van der Waals surface area contributed by atoms with Crippen LogP contribution in [0.3, 0.4) is 0 Å². The van der Waals surface area contributed by atoms with Gasteiger partial charge in [-0.05, 0) is 52.0 Å². The van der Waals surface area contributed by atoms with E-state index < -0.39 is 0 Å². The number of hydrogen-bond acceptors (Lipinski definition) is 2. The molecule has 1 aromatic carbocycles. The molecular formula is C16H25NO. The summed E-state index contributed by atoms with van der Waals surface area (Å²) in [5.74, 6) is 0.